The minimum Gasteiger partial charge on any atom is -0.356 e. The molecular weight excluding hydrogens is 303 g/mol. The van der Waals surface area contributed by atoms with Crippen molar-refractivity contribution in [3.63, 3.8) is 0 Å². The number of rotatable bonds is 8. The van der Waals surface area contributed by atoms with Crippen LogP contribution >= 0.6 is 0 Å². The van der Waals surface area contributed by atoms with E-state index in [1.54, 1.807) is 19.2 Å². The van der Waals surface area contributed by atoms with Crippen LogP contribution in [0.2, 0.25) is 0 Å². The lowest BCUT2D eigenvalue weighted by atomic mass is 9.96. The lowest BCUT2D eigenvalue weighted by molar-refractivity contribution is 0.255. The lowest BCUT2D eigenvalue weighted by Gasteiger charge is -2.24. The van der Waals surface area contributed by atoms with Gasteiger partial charge in [-0.2, -0.15) is 0 Å². The third kappa shape index (κ3) is 4.94. The standard InChI is InChI=1S/C19H31FN4/c1-5-15(2)24(4)12-11-22-18(21-3)23-14-19(9-10-19)16-7-6-8-17(20)13-16/h6-8,13,15H,5,9-12,14H2,1-4H3,(H2,21,22,23). The molecule has 1 aromatic carbocycles. The number of guanidine groups is 1. The minimum atomic E-state index is -0.158. The van der Waals surface area contributed by atoms with E-state index in [4.69, 9.17) is 0 Å². The van der Waals surface area contributed by atoms with E-state index in [1.165, 1.54) is 6.07 Å². The number of aliphatic imine (C=N–C) groups is 1. The molecule has 1 unspecified atom stereocenters. The molecule has 1 fully saturated rings. The third-order valence-electron chi connectivity index (χ3n) is 5.21. The predicted molar refractivity (Wildman–Crippen MR) is 99.1 cm³/mol. The minimum absolute atomic E-state index is 0.0627. The van der Waals surface area contributed by atoms with Crippen molar-refractivity contribution in [2.75, 3.05) is 33.7 Å². The topological polar surface area (TPSA) is 39.7 Å². The Bertz CT molecular complexity index is 554. The molecule has 1 aliphatic rings. The Morgan fingerprint density at radius 3 is 2.71 bits per heavy atom. The van der Waals surface area contributed by atoms with Gasteiger partial charge in [-0.3, -0.25) is 4.99 Å². The molecular formula is C19H31FN4. The Morgan fingerprint density at radius 2 is 2.12 bits per heavy atom. The van der Waals surface area contributed by atoms with Gasteiger partial charge in [0.25, 0.3) is 0 Å². The maximum atomic E-state index is 13.5. The average molecular weight is 334 g/mol. The van der Waals surface area contributed by atoms with E-state index in [0.29, 0.717) is 6.04 Å². The van der Waals surface area contributed by atoms with Gasteiger partial charge in [-0.1, -0.05) is 19.1 Å². The molecule has 0 bridgehead atoms. The number of hydrogen-bond donors (Lipinski definition) is 2. The van der Waals surface area contributed by atoms with Crippen molar-refractivity contribution < 1.29 is 4.39 Å². The van der Waals surface area contributed by atoms with Crippen LogP contribution in [0.3, 0.4) is 0 Å². The van der Waals surface area contributed by atoms with Crippen molar-refractivity contribution >= 4 is 5.96 Å². The summed E-state index contributed by atoms with van der Waals surface area (Å²) in [6, 6.07) is 7.56. The Labute approximate surface area is 145 Å². The number of nitrogens with zero attached hydrogens (tertiary/aromatic N) is 2. The lowest BCUT2D eigenvalue weighted by Crippen LogP contribution is -2.44. The summed E-state index contributed by atoms with van der Waals surface area (Å²) < 4.78 is 13.5. The molecule has 4 nitrogen and oxygen atoms in total. The number of likely N-dealkylation sites (N-methyl/N-ethyl adjacent to an activating group) is 1. The van der Waals surface area contributed by atoms with Gasteiger partial charge in [0.15, 0.2) is 5.96 Å². The van der Waals surface area contributed by atoms with Gasteiger partial charge < -0.3 is 15.5 Å². The second-order valence-corrected chi connectivity index (χ2v) is 6.88. The van der Waals surface area contributed by atoms with E-state index in [0.717, 1.165) is 50.4 Å². The molecule has 0 aliphatic heterocycles. The fourth-order valence-electron chi connectivity index (χ4n) is 2.89. The van der Waals surface area contributed by atoms with Crippen LogP contribution in [0.1, 0.15) is 38.7 Å². The van der Waals surface area contributed by atoms with Crippen molar-refractivity contribution in [1.29, 1.82) is 0 Å². The van der Waals surface area contributed by atoms with Gasteiger partial charge in [0, 0.05) is 38.1 Å². The first kappa shape index (κ1) is 18.7. The highest BCUT2D eigenvalue weighted by Gasteiger charge is 2.44. The summed E-state index contributed by atoms with van der Waals surface area (Å²) in [6.07, 6.45) is 3.34. The molecule has 0 spiro atoms. The van der Waals surface area contributed by atoms with Crippen molar-refractivity contribution in [2.24, 2.45) is 4.99 Å². The van der Waals surface area contributed by atoms with Gasteiger partial charge in [0.05, 0.1) is 0 Å². The third-order valence-corrected chi connectivity index (χ3v) is 5.21. The molecule has 0 heterocycles. The molecule has 0 radical (unpaired) electrons. The summed E-state index contributed by atoms with van der Waals surface area (Å²) in [7, 11) is 3.94. The van der Waals surface area contributed by atoms with E-state index in [9.17, 15) is 4.39 Å². The Balaban J connectivity index is 1.80. The zero-order chi connectivity index (χ0) is 17.6. The quantitative estimate of drug-likeness (QED) is 0.567. The maximum absolute atomic E-state index is 13.5. The number of nitrogens with one attached hydrogen (secondary N) is 2. The summed E-state index contributed by atoms with van der Waals surface area (Å²) in [4.78, 5) is 6.64. The largest absolute Gasteiger partial charge is 0.356 e. The highest BCUT2D eigenvalue weighted by Crippen LogP contribution is 2.47. The average Bonchev–Trinajstić information content (AvgIpc) is 3.38. The molecule has 1 aromatic rings. The van der Waals surface area contributed by atoms with Gasteiger partial charge in [-0.15, -0.1) is 0 Å². The van der Waals surface area contributed by atoms with E-state index in [-0.39, 0.29) is 11.2 Å². The SMILES string of the molecule is CCC(C)N(C)CCNC(=NC)NCC1(c2cccc(F)c2)CC1. The van der Waals surface area contributed by atoms with Crippen LogP contribution in [0.15, 0.2) is 29.3 Å². The highest BCUT2D eigenvalue weighted by atomic mass is 19.1. The van der Waals surface area contributed by atoms with E-state index in [1.807, 2.05) is 6.07 Å². The Kier molecular flexibility index (Phi) is 6.60. The maximum Gasteiger partial charge on any atom is 0.191 e. The van der Waals surface area contributed by atoms with Crippen LogP contribution in [-0.4, -0.2) is 50.6 Å². The zero-order valence-corrected chi connectivity index (χ0v) is 15.4. The number of halogens is 1. The Morgan fingerprint density at radius 1 is 1.38 bits per heavy atom. The predicted octanol–water partition coefficient (Wildman–Crippen LogP) is 2.75. The molecule has 2 rings (SSSR count). The monoisotopic (exact) mass is 334 g/mol. The first-order valence-electron chi connectivity index (χ1n) is 8.91. The molecule has 2 N–H and O–H groups in total. The first-order valence-corrected chi connectivity index (χ1v) is 8.91. The molecule has 134 valence electrons. The van der Waals surface area contributed by atoms with Crippen LogP contribution in [0.25, 0.3) is 0 Å². The summed E-state index contributed by atoms with van der Waals surface area (Å²) in [5.41, 5.74) is 1.15. The molecule has 24 heavy (non-hydrogen) atoms. The van der Waals surface area contributed by atoms with Crippen LogP contribution < -0.4 is 10.6 Å². The van der Waals surface area contributed by atoms with E-state index < -0.39 is 0 Å². The van der Waals surface area contributed by atoms with Gasteiger partial charge in [0.2, 0.25) is 0 Å². The molecule has 0 aromatic heterocycles. The van der Waals surface area contributed by atoms with Crippen LogP contribution in [-0.2, 0) is 5.41 Å². The summed E-state index contributed by atoms with van der Waals surface area (Å²) in [6.45, 7) is 7.06. The van der Waals surface area contributed by atoms with Crippen molar-refractivity contribution in [1.82, 2.24) is 15.5 Å². The van der Waals surface area contributed by atoms with E-state index in [2.05, 4.69) is 41.4 Å². The van der Waals surface area contributed by atoms with Gasteiger partial charge in [-0.25, -0.2) is 4.39 Å². The second-order valence-electron chi connectivity index (χ2n) is 6.88. The molecule has 5 heteroatoms. The summed E-state index contributed by atoms with van der Waals surface area (Å²) in [5, 5.41) is 6.77. The van der Waals surface area contributed by atoms with E-state index >= 15 is 0 Å². The van der Waals surface area contributed by atoms with Gasteiger partial charge in [0.1, 0.15) is 5.82 Å². The van der Waals surface area contributed by atoms with Crippen molar-refractivity contribution in [3.05, 3.63) is 35.6 Å². The summed E-state index contributed by atoms with van der Waals surface area (Å²) >= 11 is 0. The highest BCUT2D eigenvalue weighted by molar-refractivity contribution is 5.79. The number of hydrogen-bond acceptors (Lipinski definition) is 2. The fourth-order valence-corrected chi connectivity index (χ4v) is 2.89. The summed E-state index contributed by atoms with van der Waals surface area (Å²) in [5.74, 6) is 0.657. The van der Waals surface area contributed by atoms with Gasteiger partial charge in [-0.05, 0) is 50.9 Å². The normalized spacial score (nSPS) is 17.7. The first-order chi connectivity index (χ1) is 11.5. The van der Waals surface area contributed by atoms with Crippen LogP contribution in [0, 0.1) is 5.82 Å². The van der Waals surface area contributed by atoms with Crippen molar-refractivity contribution in [3.8, 4) is 0 Å². The molecule has 1 saturated carbocycles. The second kappa shape index (κ2) is 8.47. The zero-order valence-electron chi connectivity index (χ0n) is 15.4. The van der Waals surface area contributed by atoms with Gasteiger partial charge >= 0.3 is 0 Å². The molecule has 1 atom stereocenters. The number of benzene rings is 1. The molecule has 0 amide bonds. The Hall–Kier alpha value is -1.62. The molecule has 1 aliphatic carbocycles. The van der Waals surface area contributed by atoms with Crippen molar-refractivity contribution in [2.45, 2.75) is 44.6 Å². The molecule has 0 saturated heterocycles. The smallest absolute Gasteiger partial charge is 0.191 e. The fraction of sp³-hybridized carbons (Fsp3) is 0.632. The van der Waals surface area contributed by atoms with Crippen LogP contribution in [0.5, 0.6) is 0 Å². The van der Waals surface area contributed by atoms with Crippen LogP contribution in [0.4, 0.5) is 4.39 Å².